The maximum atomic E-state index is 5.75. The van der Waals surface area contributed by atoms with Gasteiger partial charge in [-0.25, -0.2) is 4.98 Å². The SMILES string of the molecule is Cc1nc(Br)cc(OCC2CCCCN2C)n1. The van der Waals surface area contributed by atoms with Crippen molar-refractivity contribution in [2.24, 2.45) is 0 Å². The van der Waals surface area contributed by atoms with Gasteiger partial charge in [-0.1, -0.05) is 6.42 Å². The molecule has 1 aliphatic rings. The highest BCUT2D eigenvalue weighted by Crippen LogP contribution is 2.18. The van der Waals surface area contributed by atoms with E-state index in [1.807, 2.05) is 13.0 Å². The fraction of sp³-hybridized carbons (Fsp3) is 0.667. The molecule has 1 fully saturated rings. The molecule has 2 heterocycles. The van der Waals surface area contributed by atoms with E-state index < -0.39 is 0 Å². The van der Waals surface area contributed by atoms with Crippen LogP contribution in [-0.2, 0) is 0 Å². The Bertz CT molecular complexity index is 366. The predicted octanol–water partition coefficient (Wildman–Crippen LogP) is 2.41. The molecule has 5 heteroatoms. The number of aryl methyl sites for hydroxylation is 1. The molecule has 1 unspecified atom stereocenters. The van der Waals surface area contributed by atoms with Crippen LogP contribution in [-0.4, -0.2) is 41.1 Å². The lowest BCUT2D eigenvalue weighted by molar-refractivity contribution is 0.122. The first kappa shape index (κ1) is 12.8. The lowest BCUT2D eigenvalue weighted by Gasteiger charge is -2.31. The van der Waals surface area contributed by atoms with Crippen molar-refractivity contribution in [3.63, 3.8) is 0 Å². The minimum absolute atomic E-state index is 0.512. The molecule has 0 radical (unpaired) electrons. The van der Waals surface area contributed by atoms with Crippen LogP contribution in [0.3, 0.4) is 0 Å². The maximum Gasteiger partial charge on any atom is 0.217 e. The second kappa shape index (κ2) is 5.78. The molecule has 0 aromatic carbocycles. The number of halogens is 1. The van der Waals surface area contributed by atoms with Gasteiger partial charge in [0.25, 0.3) is 0 Å². The van der Waals surface area contributed by atoms with E-state index in [9.17, 15) is 0 Å². The van der Waals surface area contributed by atoms with Crippen LogP contribution in [0, 0.1) is 6.92 Å². The topological polar surface area (TPSA) is 38.2 Å². The van der Waals surface area contributed by atoms with E-state index in [0.29, 0.717) is 18.5 Å². The largest absolute Gasteiger partial charge is 0.476 e. The van der Waals surface area contributed by atoms with E-state index in [0.717, 1.165) is 10.4 Å². The Morgan fingerprint density at radius 2 is 2.29 bits per heavy atom. The summed E-state index contributed by atoms with van der Waals surface area (Å²) < 4.78 is 6.53. The Morgan fingerprint density at radius 1 is 1.47 bits per heavy atom. The maximum absolute atomic E-state index is 5.75. The third kappa shape index (κ3) is 3.64. The molecule has 1 saturated heterocycles. The highest BCUT2D eigenvalue weighted by atomic mass is 79.9. The van der Waals surface area contributed by atoms with Crippen molar-refractivity contribution in [3.05, 3.63) is 16.5 Å². The molecular formula is C12H18BrN3O. The van der Waals surface area contributed by atoms with Crippen LogP contribution in [0.15, 0.2) is 10.7 Å². The van der Waals surface area contributed by atoms with Crippen LogP contribution in [0.25, 0.3) is 0 Å². The van der Waals surface area contributed by atoms with Crippen molar-refractivity contribution < 1.29 is 4.74 Å². The summed E-state index contributed by atoms with van der Waals surface area (Å²) in [6.45, 7) is 3.74. The number of ether oxygens (including phenoxy) is 1. The Labute approximate surface area is 111 Å². The standard InChI is InChI=1S/C12H18BrN3O/c1-9-14-11(13)7-12(15-9)17-8-10-5-3-4-6-16(10)2/h7,10H,3-6,8H2,1-2H3. The molecule has 1 aromatic rings. The molecule has 0 amide bonds. The van der Waals surface area contributed by atoms with Crippen LogP contribution >= 0.6 is 15.9 Å². The highest BCUT2D eigenvalue weighted by Gasteiger charge is 2.19. The summed E-state index contributed by atoms with van der Waals surface area (Å²) in [6.07, 6.45) is 3.80. The summed E-state index contributed by atoms with van der Waals surface area (Å²) in [7, 11) is 2.16. The Hall–Kier alpha value is -0.680. The van der Waals surface area contributed by atoms with E-state index in [1.54, 1.807) is 0 Å². The Balaban J connectivity index is 1.92. The third-order valence-corrected chi connectivity index (χ3v) is 3.53. The molecule has 1 atom stereocenters. The smallest absolute Gasteiger partial charge is 0.217 e. The lowest BCUT2D eigenvalue weighted by atomic mass is 10.0. The summed E-state index contributed by atoms with van der Waals surface area (Å²) in [6, 6.07) is 2.33. The van der Waals surface area contributed by atoms with Gasteiger partial charge in [0.05, 0.1) is 0 Å². The van der Waals surface area contributed by atoms with Crippen LogP contribution in [0.1, 0.15) is 25.1 Å². The molecule has 4 nitrogen and oxygen atoms in total. The van der Waals surface area contributed by atoms with E-state index >= 15 is 0 Å². The number of nitrogens with zero attached hydrogens (tertiary/aromatic N) is 3. The molecule has 0 aliphatic carbocycles. The van der Waals surface area contributed by atoms with Gasteiger partial charge in [-0.15, -0.1) is 0 Å². The molecule has 94 valence electrons. The summed E-state index contributed by atoms with van der Waals surface area (Å²) in [5.74, 6) is 1.38. The summed E-state index contributed by atoms with van der Waals surface area (Å²) in [5.41, 5.74) is 0. The van der Waals surface area contributed by atoms with Gasteiger partial charge in [0.1, 0.15) is 17.0 Å². The number of piperidine rings is 1. The van der Waals surface area contributed by atoms with Crippen LogP contribution in [0.5, 0.6) is 5.88 Å². The first-order valence-electron chi connectivity index (χ1n) is 5.99. The molecule has 1 aromatic heterocycles. The fourth-order valence-corrected chi connectivity index (χ4v) is 2.57. The highest BCUT2D eigenvalue weighted by molar-refractivity contribution is 9.10. The van der Waals surface area contributed by atoms with Crippen molar-refractivity contribution in [2.75, 3.05) is 20.2 Å². The average Bonchev–Trinajstić information content (AvgIpc) is 2.27. The summed E-state index contributed by atoms with van der Waals surface area (Å²) >= 11 is 3.35. The minimum atomic E-state index is 0.512. The average molecular weight is 300 g/mol. The lowest BCUT2D eigenvalue weighted by Crippen LogP contribution is -2.40. The molecule has 0 N–H and O–H groups in total. The van der Waals surface area contributed by atoms with Crippen molar-refractivity contribution in [3.8, 4) is 5.88 Å². The molecule has 0 spiro atoms. The number of likely N-dealkylation sites (tertiary alicyclic amines) is 1. The predicted molar refractivity (Wildman–Crippen MR) is 70.2 cm³/mol. The van der Waals surface area contributed by atoms with Gasteiger partial charge in [-0.2, -0.15) is 4.98 Å². The van der Waals surface area contributed by atoms with Crippen LogP contribution in [0.2, 0.25) is 0 Å². The number of aromatic nitrogens is 2. The number of hydrogen-bond donors (Lipinski definition) is 0. The van der Waals surface area contributed by atoms with Crippen LogP contribution < -0.4 is 4.74 Å². The van der Waals surface area contributed by atoms with Gasteiger partial charge in [-0.05, 0) is 49.3 Å². The van der Waals surface area contributed by atoms with Crippen molar-refractivity contribution >= 4 is 15.9 Å². The zero-order valence-electron chi connectivity index (χ0n) is 10.3. The zero-order chi connectivity index (χ0) is 12.3. The summed E-state index contributed by atoms with van der Waals surface area (Å²) in [5, 5.41) is 0. The monoisotopic (exact) mass is 299 g/mol. The van der Waals surface area contributed by atoms with Crippen LogP contribution in [0.4, 0.5) is 0 Å². The molecule has 0 bridgehead atoms. The van der Waals surface area contributed by atoms with E-state index in [1.165, 1.54) is 25.8 Å². The van der Waals surface area contributed by atoms with Gasteiger partial charge in [0.15, 0.2) is 0 Å². The second-order valence-corrected chi connectivity index (χ2v) is 5.33. The first-order valence-corrected chi connectivity index (χ1v) is 6.78. The van der Waals surface area contributed by atoms with Gasteiger partial charge < -0.3 is 9.64 Å². The van der Waals surface area contributed by atoms with Crippen molar-refractivity contribution in [1.29, 1.82) is 0 Å². The Morgan fingerprint density at radius 3 is 3.00 bits per heavy atom. The van der Waals surface area contributed by atoms with Gasteiger partial charge in [0.2, 0.25) is 5.88 Å². The quantitative estimate of drug-likeness (QED) is 0.804. The Kier molecular flexibility index (Phi) is 4.34. The summed E-state index contributed by atoms with van der Waals surface area (Å²) in [4.78, 5) is 10.8. The molecule has 1 aliphatic heterocycles. The molecule has 17 heavy (non-hydrogen) atoms. The van der Waals surface area contributed by atoms with Crippen molar-refractivity contribution in [1.82, 2.24) is 14.9 Å². The molecular weight excluding hydrogens is 282 g/mol. The van der Waals surface area contributed by atoms with Gasteiger partial charge in [0, 0.05) is 12.1 Å². The first-order chi connectivity index (χ1) is 8.15. The number of likely N-dealkylation sites (N-methyl/N-ethyl adjacent to an activating group) is 1. The van der Waals surface area contributed by atoms with E-state index in [2.05, 4.69) is 37.8 Å². The van der Waals surface area contributed by atoms with E-state index in [-0.39, 0.29) is 0 Å². The molecule has 2 rings (SSSR count). The minimum Gasteiger partial charge on any atom is -0.476 e. The third-order valence-electron chi connectivity index (χ3n) is 3.13. The normalized spacial score (nSPS) is 21.5. The van der Waals surface area contributed by atoms with E-state index in [4.69, 9.17) is 4.74 Å². The number of hydrogen-bond acceptors (Lipinski definition) is 4. The fourth-order valence-electron chi connectivity index (χ4n) is 2.12. The molecule has 0 saturated carbocycles. The van der Waals surface area contributed by atoms with Gasteiger partial charge in [-0.3, -0.25) is 0 Å². The number of rotatable bonds is 3. The second-order valence-electron chi connectivity index (χ2n) is 4.52. The zero-order valence-corrected chi connectivity index (χ0v) is 11.9. The van der Waals surface area contributed by atoms with Gasteiger partial charge >= 0.3 is 0 Å². The van der Waals surface area contributed by atoms with Crippen molar-refractivity contribution in [2.45, 2.75) is 32.2 Å².